The van der Waals surface area contributed by atoms with Crippen LogP contribution in [-0.4, -0.2) is 43.6 Å². The third kappa shape index (κ3) is 2.21. The van der Waals surface area contributed by atoms with E-state index >= 15 is 0 Å². The fraction of sp³-hybridized carbons (Fsp3) is 1.00. The Morgan fingerprint density at radius 1 is 1.00 bits per heavy atom. The molecule has 1 aliphatic carbocycles. The molecule has 4 nitrogen and oxygen atoms in total. The normalized spacial score (nSPS) is 38.6. The fourth-order valence-corrected chi connectivity index (χ4v) is 6.13. The molecular weight excluding hydrogens is 248 g/mol. The molecule has 3 fully saturated rings. The lowest BCUT2D eigenvalue weighted by atomic mass is 9.79. The largest absolute Gasteiger partial charge is 0.315 e. The third-order valence-electron chi connectivity index (χ3n) is 4.96. The summed E-state index contributed by atoms with van der Waals surface area (Å²) in [7, 11) is -3.06. The first-order valence-electron chi connectivity index (χ1n) is 7.41. The highest BCUT2D eigenvalue weighted by Crippen LogP contribution is 2.37. The van der Waals surface area contributed by atoms with Crippen molar-refractivity contribution in [1.29, 1.82) is 0 Å². The SMILES string of the molecule is O=S(=O)(C1CCNC1)N1CCC[C@H]2CCCC[C@H]21. The maximum Gasteiger partial charge on any atom is 0.218 e. The van der Waals surface area contributed by atoms with E-state index in [2.05, 4.69) is 5.32 Å². The first-order valence-corrected chi connectivity index (χ1v) is 8.91. The molecule has 1 saturated carbocycles. The lowest BCUT2D eigenvalue weighted by Gasteiger charge is -2.44. The van der Waals surface area contributed by atoms with E-state index in [1.54, 1.807) is 0 Å². The van der Waals surface area contributed by atoms with Crippen LogP contribution in [0.2, 0.25) is 0 Å². The van der Waals surface area contributed by atoms with Gasteiger partial charge in [0.1, 0.15) is 0 Å². The summed E-state index contributed by atoms with van der Waals surface area (Å²) in [6.45, 7) is 2.27. The van der Waals surface area contributed by atoms with E-state index in [0.29, 0.717) is 18.5 Å². The number of hydrogen-bond acceptors (Lipinski definition) is 3. The second-order valence-corrected chi connectivity index (χ2v) is 8.19. The highest BCUT2D eigenvalue weighted by atomic mass is 32.2. The third-order valence-corrected chi connectivity index (χ3v) is 7.31. The molecule has 0 aromatic heterocycles. The number of nitrogens with zero attached hydrogens (tertiary/aromatic N) is 1. The van der Waals surface area contributed by atoms with E-state index in [1.807, 2.05) is 4.31 Å². The molecule has 2 aliphatic heterocycles. The molecule has 0 amide bonds. The molecule has 0 aromatic carbocycles. The van der Waals surface area contributed by atoms with Crippen molar-refractivity contribution in [2.45, 2.75) is 56.2 Å². The van der Waals surface area contributed by atoms with Crippen LogP contribution in [0.25, 0.3) is 0 Å². The minimum absolute atomic E-state index is 0.168. The summed E-state index contributed by atoms with van der Waals surface area (Å²) in [5.41, 5.74) is 0. The van der Waals surface area contributed by atoms with Crippen LogP contribution >= 0.6 is 0 Å². The van der Waals surface area contributed by atoms with Crippen LogP contribution in [0, 0.1) is 5.92 Å². The van der Waals surface area contributed by atoms with Gasteiger partial charge in [-0.1, -0.05) is 12.8 Å². The molecule has 3 atom stereocenters. The van der Waals surface area contributed by atoms with E-state index in [0.717, 1.165) is 32.4 Å². The van der Waals surface area contributed by atoms with E-state index in [-0.39, 0.29) is 5.25 Å². The zero-order valence-electron chi connectivity index (χ0n) is 11.0. The molecule has 104 valence electrons. The summed E-state index contributed by atoms with van der Waals surface area (Å²) in [5.74, 6) is 0.636. The molecule has 0 radical (unpaired) electrons. The second-order valence-electron chi connectivity index (χ2n) is 6.02. The molecule has 0 spiro atoms. The molecule has 1 N–H and O–H groups in total. The Labute approximate surface area is 110 Å². The monoisotopic (exact) mass is 272 g/mol. The molecule has 0 bridgehead atoms. The van der Waals surface area contributed by atoms with Crippen molar-refractivity contribution in [3.63, 3.8) is 0 Å². The summed E-state index contributed by atoms with van der Waals surface area (Å²) < 4.78 is 27.3. The van der Waals surface area contributed by atoms with Crippen molar-refractivity contribution >= 4 is 10.0 Å². The van der Waals surface area contributed by atoms with Crippen LogP contribution < -0.4 is 5.32 Å². The minimum atomic E-state index is -3.06. The second kappa shape index (κ2) is 5.10. The maximum atomic E-state index is 12.7. The smallest absolute Gasteiger partial charge is 0.218 e. The quantitative estimate of drug-likeness (QED) is 0.825. The van der Waals surface area contributed by atoms with Crippen LogP contribution in [0.3, 0.4) is 0 Å². The van der Waals surface area contributed by atoms with Crippen molar-refractivity contribution in [1.82, 2.24) is 9.62 Å². The van der Waals surface area contributed by atoms with E-state index in [1.165, 1.54) is 25.7 Å². The first-order chi connectivity index (χ1) is 8.69. The van der Waals surface area contributed by atoms with Crippen molar-refractivity contribution in [3.8, 4) is 0 Å². The summed E-state index contributed by atoms with van der Waals surface area (Å²) in [6, 6.07) is 0.318. The number of nitrogens with one attached hydrogen (secondary N) is 1. The van der Waals surface area contributed by atoms with Gasteiger partial charge >= 0.3 is 0 Å². The predicted octanol–water partition coefficient (Wildman–Crippen LogP) is 1.33. The van der Waals surface area contributed by atoms with Gasteiger partial charge in [-0.25, -0.2) is 8.42 Å². The molecule has 3 rings (SSSR count). The summed E-state index contributed by atoms with van der Waals surface area (Å²) in [6.07, 6.45) is 7.90. The van der Waals surface area contributed by atoms with Crippen molar-refractivity contribution in [2.75, 3.05) is 19.6 Å². The first kappa shape index (κ1) is 12.9. The maximum absolute atomic E-state index is 12.7. The van der Waals surface area contributed by atoms with E-state index < -0.39 is 10.0 Å². The van der Waals surface area contributed by atoms with Crippen molar-refractivity contribution in [2.24, 2.45) is 5.92 Å². The molecule has 1 unspecified atom stereocenters. The Morgan fingerprint density at radius 2 is 1.78 bits per heavy atom. The number of sulfonamides is 1. The fourth-order valence-electron chi connectivity index (χ4n) is 3.97. The van der Waals surface area contributed by atoms with Gasteiger partial charge in [0.05, 0.1) is 5.25 Å². The highest BCUT2D eigenvalue weighted by molar-refractivity contribution is 7.89. The molecule has 3 aliphatic rings. The van der Waals surface area contributed by atoms with E-state index in [9.17, 15) is 8.42 Å². The number of piperidine rings is 1. The zero-order valence-corrected chi connectivity index (χ0v) is 11.8. The zero-order chi connectivity index (χ0) is 12.6. The summed E-state index contributed by atoms with van der Waals surface area (Å²) >= 11 is 0. The van der Waals surface area contributed by atoms with Crippen LogP contribution in [0.5, 0.6) is 0 Å². The van der Waals surface area contributed by atoms with Gasteiger partial charge in [-0.2, -0.15) is 4.31 Å². The topological polar surface area (TPSA) is 49.4 Å². The van der Waals surface area contributed by atoms with Gasteiger partial charge in [0.15, 0.2) is 0 Å². The molecule has 0 aromatic rings. The molecule has 18 heavy (non-hydrogen) atoms. The van der Waals surface area contributed by atoms with Gasteiger partial charge < -0.3 is 5.32 Å². The lowest BCUT2D eigenvalue weighted by molar-refractivity contribution is 0.128. The van der Waals surface area contributed by atoms with Crippen LogP contribution in [-0.2, 0) is 10.0 Å². The molecule has 2 saturated heterocycles. The average molecular weight is 272 g/mol. The average Bonchev–Trinajstić information content (AvgIpc) is 2.92. The number of fused-ring (bicyclic) bond motifs is 1. The van der Waals surface area contributed by atoms with Crippen LogP contribution in [0.1, 0.15) is 44.9 Å². The van der Waals surface area contributed by atoms with Gasteiger partial charge in [-0.15, -0.1) is 0 Å². The van der Waals surface area contributed by atoms with Crippen LogP contribution in [0.15, 0.2) is 0 Å². The summed E-state index contributed by atoms with van der Waals surface area (Å²) in [4.78, 5) is 0. The van der Waals surface area contributed by atoms with E-state index in [4.69, 9.17) is 0 Å². The highest BCUT2D eigenvalue weighted by Gasteiger charge is 2.42. The number of hydrogen-bond donors (Lipinski definition) is 1. The Morgan fingerprint density at radius 3 is 2.56 bits per heavy atom. The number of rotatable bonds is 2. The van der Waals surface area contributed by atoms with Crippen LogP contribution in [0.4, 0.5) is 0 Å². The minimum Gasteiger partial charge on any atom is -0.315 e. The van der Waals surface area contributed by atoms with Crippen molar-refractivity contribution < 1.29 is 8.42 Å². The Hall–Kier alpha value is -0.130. The van der Waals surface area contributed by atoms with Gasteiger partial charge in [-0.05, 0) is 44.6 Å². The molecular formula is C13H24N2O2S. The van der Waals surface area contributed by atoms with Gasteiger partial charge in [0.25, 0.3) is 0 Å². The Kier molecular flexibility index (Phi) is 3.65. The molecule has 5 heteroatoms. The Balaban J connectivity index is 1.80. The standard InChI is InChI=1S/C13H24N2O2S/c16-18(17,12-7-8-14-10-12)15-9-3-5-11-4-1-2-6-13(11)15/h11-14H,1-10H2/t11-,12?,13-/m1/s1. The summed E-state index contributed by atoms with van der Waals surface area (Å²) in [5, 5.41) is 3.02. The van der Waals surface area contributed by atoms with Gasteiger partial charge in [-0.3, -0.25) is 0 Å². The van der Waals surface area contributed by atoms with Crippen molar-refractivity contribution in [3.05, 3.63) is 0 Å². The predicted molar refractivity (Wildman–Crippen MR) is 71.9 cm³/mol. The lowest BCUT2D eigenvalue weighted by Crippen LogP contribution is -2.52. The van der Waals surface area contributed by atoms with Gasteiger partial charge in [0, 0.05) is 19.1 Å². The molecule has 2 heterocycles. The Bertz CT molecular complexity index is 388. The van der Waals surface area contributed by atoms with Gasteiger partial charge in [0.2, 0.25) is 10.0 Å².